The molecular weight excluding hydrogens is 270 g/mol. The normalized spacial score (nSPS) is 12.6. The smallest absolute Gasteiger partial charge is 0.176 e. The Kier molecular flexibility index (Phi) is 4.57. The van der Waals surface area contributed by atoms with Crippen molar-refractivity contribution in [3.8, 4) is 0 Å². The molecule has 0 aliphatic rings. The Hall–Kier alpha value is -1.11. The molecule has 2 rings (SSSR count). The van der Waals surface area contributed by atoms with Gasteiger partial charge in [0, 0.05) is 28.1 Å². The van der Waals surface area contributed by atoms with Crippen LogP contribution in [-0.2, 0) is 13.5 Å². The van der Waals surface area contributed by atoms with Gasteiger partial charge in [0.05, 0.1) is 7.05 Å². The minimum absolute atomic E-state index is 0.00915. The van der Waals surface area contributed by atoms with Crippen LogP contribution < -0.4 is 5.73 Å². The van der Waals surface area contributed by atoms with Crippen molar-refractivity contribution < 1.29 is 0 Å². The summed E-state index contributed by atoms with van der Waals surface area (Å²) in [5.41, 5.74) is 6.03. The van der Waals surface area contributed by atoms with Crippen LogP contribution in [0.5, 0.6) is 0 Å². The van der Waals surface area contributed by atoms with E-state index in [2.05, 4.69) is 15.4 Å². The minimum atomic E-state index is 0.00915. The number of aryl methyl sites for hydroxylation is 1. The Morgan fingerprint density at radius 3 is 2.72 bits per heavy atom. The van der Waals surface area contributed by atoms with Gasteiger partial charge in [0.1, 0.15) is 0 Å². The van der Waals surface area contributed by atoms with E-state index in [1.807, 2.05) is 24.3 Å². The quantitative estimate of drug-likeness (QED) is 0.843. The van der Waals surface area contributed by atoms with Crippen molar-refractivity contribution in [3.05, 3.63) is 35.1 Å². The average molecular weight is 284 g/mol. The molecule has 7 heteroatoms. The van der Waals surface area contributed by atoms with Gasteiger partial charge in [0.25, 0.3) is 0 Å². The van der Waals surface area contributed by atoms with Crippen LogP contribution in [-0.4, -0.2) is 32.0 Å². The number of halogens is 1. The predicted octanol–water partition coefficient (Wildman–Crippen LogP) is 1.53. The predicted molar refractivity (Wildman–Crippen MR) is 72.7 cm³/mol. The highest BCUT2D eigenvalue weighted by molar-refractivity contribution is 7.99. The third-order valence-corrected chi connectivity index (χ3v) is 3.72. The van der Waals surface area contributed by atoms with Crippen LogP contribution in [0.1, 0.15) is 5.82 Å². The van der Waals surface area contributed by atoms with E-state index in [0.29, 0.717) is 12.2 Å². The van der Waals surface area contributed by atoms with Crippen LogP contribution in [0, 0.1) is 0 Å². The van der Waals surface area contributed by atoms with Gasteiger partial charge in [-0.1, -0.05) is 11.6 Å². The first-order valence-electron chi connectivity index (χ1n) is 5.50. The van der Waals surface area contributed by atoms with E-state index >= 15 is 0 Å². The fourth-order valence-corrected chi connectivity index (χ4v) is 2.41. The van der Waals surface area contributed by atoms with Crippen LogP contribution >= 0.6 is 23.4 Å². The molecule has 1 atom stereocenters. The maximum Gasteiger partial charge on any atom is 0.176 e. The number of hydrogen-bond acceptors (Lipinski definition) is 5. The minimum Gasteiger partial charge on any atom is -0.327 e. The van der Waals surface area contributed by atoms with Crippen LogP contribution in [0.2, 0.25) is 5.02 Å². The molecule has 0 aliphatic carbocycles. The molecule has 0 spiro atoms. The zero-order chi connectivity index (χ0) is 13.0. The van der Waals surface area contributed by atoms with Crippen molar-refractivity contribution in [3.63, 3.8) is 0 Å². The Morgan fingerprint density at radius 1 is 1.39 bits per heavy atom. The molecule has 1 heterocycles. The Morgan fingerprint density at radius 2 is 2.11 bits per heavy atom. The summed E-state index contributed by atoms with van der Waals surface area (Å²) in [6.07, 6.45) is 0.633. The average Bonchev–Trinajstić information content (AvgIpc) is 2.74. The van der Waals surface area contributed by atoms with Crippen molar-refractivity contribution in [1.82, 2.24) is 20.2 Å². The maximum absolute atomic E-state index is 6.03. The van der Waals surface area contributed by atoms with Crippen LogP contribution in [0.4, 0.5) is 0 Å². The Labute approximate surface area is 115 Å². The lowest BCUT2D eigenvalue weighted by atomic mass is 10.2. The summed E-state index contributed by atoms with van der Waals surface area (Å²) < 4.78 is 0. The fourth-order valence-electron chi connectivity index (χ4n) is 1.43. The molecule has 5 nitrogen and oxygen atoms in total. The van der Waals surface area contributed by atoms with Gasteiger partial charge in [0.15, 0.2) is 5.82 Å². The molecule has 0 saturated carbocycles. The van der Waals surface area contributed by atoms with E-state index in [-0.39, 0.29) is 6.04 Å². The summed E-state index contributed by atoms with van der Waals surface area (Å²) in [7, 11) is 1.74. The molecule has 0 fully saturated rings. The van der Waals surface area contributed by atoms with E-state index in [4.69, 9.17) is 17.3 Å². The summed E-state index contributed by atoms with van der Waals surface area (Å²) >= 11 is 7.52. The van der Waals surface area contributed by atoms with E-state index in [9.17, 15) is 0 Å². The summed E-state index contributed by atoms with van der Waals surface area (Å²) in [5.74, 6) is 1.49. The molecule has 18 heavy (non-hydrogen) atoms. The second-order valence-electron chi connectivity index (χ2n) is 3.92. The van der Waals surface area contributed by atoms with Crippen molar-refractivity contribution in [2.45, 2.75) is 17.4 Å². The lowest BCUT2D eigenvalue weighted by molar-refractivity contribution is 0.624. The zero-order valence-corrected chi connectivity index (χ0v) is 11.5. The number of benzene rings is 1. The van der Waals surface area contributed by atoms with Crippen molar-refractivity contribution in [2.75, 3.05) is 5.75 Å². The number of hydrogen-bond donors (Lipinski definition) is 1. The molecule has 1 aromatic carbocycles. The fraction of sp³-hybridized carbons (Fsp3) is 0.364. The van der Waals surface area contributed by atoms with Crippen LogP contribution in [0.3, 0.4) is 0 Å². The molecule has 1 aromatic heterocycles. The van der Waals surface area contributed by atoms with Crippen LogP contribution in [0.15, 0.2) is 29.2 Å². The van der Waals surface area contributed by atoms with Crippen molar-refractivity contribution in [1.29, 1.82) is 0 Å². The highest BCUT2D eigenvalue weighted by Gasteiger charge is 2.09. The van der Waals surface area contributed by atoms with Crippen LogP contribution in [0.25, 0.3) is 0 Å². The molecular formula is C11H14ClN5S. The summed E-state index contributed by atoms with van der Waals surface area (Å²) in [6, 6.07) is 7.73. The summed E-state index contributed by atoms with van der Waals surface area (Å²) in [5, 5.41) is 12.5. The third kappa shape index (κ3) is 3.97. The molecule has 0 radical (unpaired) electrons. The molecule has 2 aromatic rings. The van der Waals surface area contributed by atoms with Gasteiger partial charge in [-0.3, -0.25) is 0 Å². The second-order valence-corrected chi connectivity index (χ2v) is 5.45. The Bertz CT molecular complexity index is 498. The second kappa shape index (κ2) is 6.17. The number of thioether (sulfide) groups is 1. The van der Waals surface area contributed by atoms with Crippen molar-refractivity contribution >= 4 is 23.4 Å². The molecule has 0 saturated heterocycles. The zero-order valence-electron chi connectivity index (χ0n) is 9.95. The lowest BCUT2D eigenvalue weighted by Gasteiger charge is -2.08. The standard InChI is InChI=1S/C11H14ClN5S/c1-17-15-11(14-16-17)6-9(13)7-18-10-4-2-8(12)3-5-10/h2-5,9H,6-7,13H2,1H3. The van der Waals surface area contributed by atoms with Gasteiger partial charge in [-0.05, 0) is 29.5 Å². The summed E-state index contributed by atoms with van der Waals surface area (Å²) in [6.45, 7) is 0. The maximum atomic E-state index is 6.03. The van der Waals surface area contributed by atoms with E-state index in [1.54, 1.807) is 18.8 Å². The van der Waals surface area contributed by atoms with Gasteiger partial charge in [-0.15, -0.1) is 22.0 Å². The molecule has 0 bridgehead atoms. The topological polar surface area (TPSA) is 69.6 Å². The van der Waals surface area contributed by atoms with Gasteiger partial charge in [0.2, 0.25) is 0 Å². The molecule has 96 valence electrons. The van der Waals surface area contributed by atoms with Gasteiger partial charge in [-0.25, -0.2) is 0 Å². The van der Waals surface area contributed by atoms with E-state index < -0.39 is 0 Å². The van der Waals surface area contributed by atoms with E-state index in [1.165, 1.54) is 4.80 Å². The number of nitrogens with two attached hydrogens (primary N) is 1. The number of aromatic nitrogens is 4. The lowest BCUT2D eigenvalue weighted by Crippen LogP contribution is -2.26. The van der Waals surface area contributed by atoms with E-state index in [0.717, 1.165) is 15.7 Å². The third-order valence-electron chi connectivity index (χ3n) is 2.27. The highest BCUT2D eigenvalue weighted by atomic mass is 35.5. The monoisotopic (exact) mass is 283 g/mol. The number of nitrogens with zero attached hydrogens (tertiary/aromatic N) is 4. The number of tetrazole rings is 1. The molecule has 2 N–H and O–H groups in total. The first-order valence-corrected chi connectivity index (χ1v) is 6.86. The molecule has 0 aliphatic heterocycles. The largest absolute Gasteiger partial charge is 0.327 e. The highest BCUT2D eigenvalue weighted by Crippen LogP contribution is 2.21. The SMILES string of the molecule is Cn1nnc(CC(N)CSc2ccc(Cl)cc2)n1. The first-order chi connectivity index (χ1) is 8.63. The Balaban J connectivity index is 1.81. The molecule has 1 unspecified atom stereocenters. The van der Waals surface area contributed by atoms with Gasteiger partial charge < -0.3 is 5.73 Å². The van der Waals surface area contributed by atoms with Gasteiger partial charge in [-0.2, -0.15) is 4.80 Å². The summed E-state index contributed by atoms with van der Waals surface area (Å²) in [4.78, 5) is 2.59. The van der Waals surface area contributed by atoms with Gasteiger partial charge >= 0.3 is 0 Å². The van der Waals surface area contributed by atoms with Crippen molar-refractivity contribution in [2.24, 2.45) is 12.8 Å². The number of rotatable bonds is 5. The first kappa shape index (κ1) is 13.3. The molecule has 0 amide bonds.